The van der Waals surface area contributed by atoms with Gasteiger partial charge in [0.05, 0.1) is 0 Å². The Morgan fingerprint density at radius 2 is 1.94 bits per heavy atom. The molecule has 1 unspecified atom stereocenters. The summed E-state index contributed by atoms with van der Waals surface area (Å²) in [7, 11) is 0. The molecule has 1 fully saturated rings. The van der Waals surface area contributed by atoms with Crippen LogP contribution < -0.4 is 16.4 Å². The number of carbonyl (C=O) groups is 3. The van der Waals surface area contributed by atoms with E-state index in [1.807, 2.05) is 0 Å². The second kappa shape index (κ2) is 5.92. The SMILES string of the molecule is NC(=O)NCCNC(=O)N1CCCC1C(=O)O. The normalized spacial score (nSPS) is 18.8. The molecule has 0 aromatic carbocycles. The molecule has 1 rings (SSSR count). The molecule has 0 bridgehead atoms. The second-order valence-electron chi connectivity index (χ2n) is 3.71. The highest BCUT2D eigenvalue weighted by Gasteiger charge is 2.33. The first kappa shape index (κ1) is 13.1. The third kappa shape index (κ3) is 3.82. The van der Waals surface area contributed by atoms with Crippen molar-refractivity contribution in [2.24, 2.45) is 5.73 Å². The van der Waals surface area contributed by atoms with E-state index in [1.54, 1.807) is 0 Å². The Balaban J connectivity index is 2.32. The molecule has 0 radical (unpaired) electrons. The minimum absolute atomic E-state index is 0.213. The van der Waals surface area contributed by atoms with E-state index in [1.165, 1.54) is 4.90 Å². The van der Waals surface area contributed by atoms with Gasteiger partial charge in [0.2, 0.25) is 0 Å². The summed E-state index contributed by atoms with van der Waals surface area (Å²) >= 11 is 0. The number of aliphatic carboxylic acids is 1. The highest BCUT2D eigenvalue weighted by Crippen LogP contribution is 2.16. The van der Waals surface area contributed by atoms with Crippen LogP contribution in [0.25, 0.3) is 0 Å². The van der Waals surface area contributed by atoms with Gasteiger partial charge in [0.25, 0.3) is 0 Å². The topological polar surface area (TPSA) is 125 Å². The molecule has 0 spiro atoms. The monoisotopic (exact) mass is 244 g/mol. The van der Waals surface area contributed by atoms with Crippen LogP contribution in [0.1, 0.15) is 12.8 Å². The van der Waals surface area contributed by atoms with E-state index in [0.717, 1.165) is 0 Å². The fourth-order valence-corrected chi connectivity index (χ4v) is 1.72. The van der Waals surface area contributed by atoms with Gasteiger partial charge in [-0.1, -0.05) is 0 Å². The number of rotatable bonds is 4. The number of hydrogen-bond acceptors (Lipinski definition) is 3. The molecule has 17 heavy (non-hydrogen) atoms. The lowest BCUT2D eigenvalue weighted by Gasteiger charge is -2.21. The van der Waals surface area contributed by atoms with E-state index in [4.69, 9.17) is 10.8 Å². The summed E-state index contributed by atoms with van der Waals surface area (Å²) in [5, 5.41) is 13.7. The van der Waals surface area contributed by atoms with E-state index >= 15 is 0 Å². The second-order valence-corrected chi connectivity index (χ2v) is 3.71. The predicted molar refractivity (Wildman–Crippen MR) is 58.3 cm³/mol. The van der Waals surface area contributed by atoms with Crippen LogP contribution in [0.5, 0.6) is 0 Å². The first-order valence-corrected chi connectivity index (χ1v) is 5.33. The number of carboxylic acid groups (broad SMARTS) is 1. The number of primary amides is 1. The lowest BCUT2D eigenvalue weighted by Crippen LogP contribution is -2.47. The Hall–Kier alpha value is -1.99. The van der Waals surface area contributed by atoms with Crippen molar-refractivity contribution in [3.05, 3.63) is 0 Å². The average Bonchev–Trinajstić information content (AvgIpc) is 2.72. The van der Waals surface area contributed by atoms with Crippen molar-refractivity contribution in [2.45, 2.75) is 18.9 Å². The van der Waals surface area contributed by atoms with Crippen LogP contribution in [-0.2, 0) is 4.79 Å². The van der Waals surface area contributed by atoms with Crippen molar-refractivity contribution in [2.75, 3.05) is 19.6 Å². The van der Waals surface area contributed by atoms with Gasteiger partial charge in [-0.2, -0.15) is 0 Å². The van der Waals surface area contributed by atoms with Crippen molar-refractivity contribution < 1.29 is 19.5 Å². The number of nitrogens with zero attached hydrogens (tertiary/aromatic N) is 1. The number of carbonyl (C=O) groups excluding carboxylic acids is 2. The van der Waals surface area contributed by atoms with Crippen molar-refractivity contribution in [3.8, 4) is 0 Å². The highest BCUT2D eigenvalue weighted by atomic mass is 16.4. The molecule has 0 saturated carbocycles. The average molecular weight is 244 g/mol. The van der Waals surface area contributed by atoms with Crippen LogP contribution >= 0.6 is 0 Å². The minimum atomic E-state index is -0.993. The fraction of sp³-hybridized carbons (Fsp3) is 0.667. The van der Waals surface area contributed by atoms with Crippen LogP contribution in [0.2, 0.25) is 0 Å². The number of urea groups is 2. The molecule has 5 N–H and O–H groups in total. The summed E-state index contributed by atoms with van der Waals surface area (Å²) in [6.07, 6.45) is 1.16. The Bertz CT molecular complexity index is 320. The van der Waals surface area contributed by atoms with E-state index < -0.39 is 24.1 Å². The van der Waals surface area contributed by atoms with Gasteiger partial charge < -0.3 is 26.4 Å². The van der Waals surface area contributed by atoms with Gasteiger partial charge >= 0.3 is 18.0 Å². The molecule has 1 atom stereocenters. The maximum atomic E-state index is 11.6. The lowest BCUT2D eigenvalue weighted by atomic mass is 10.2. The minimum Gasteiger partial charge on any atom is -0.480 e. The predicted octanol–water partition coefficient (Wildman–Crippen LogP) is -1.09. The van der Waals surface area contributed by atoms with Crippen LogP contribution in [0.4, 0.5) is 9.59 Å². The molecule has 1 heterocycles. The van der Waals surface area contributed by atoms with Gasteiger partial charge in [-0.3, -0.25) is 0 Å². The van der Waals surface area contributed by atoms with Gasteiger partial charge in [0.15, 0.2) is 0 Å². The maximum Gasteiger partial charge on any atom is 0.326 e. The van der Waals surface area contributed by atoms with Crippen molar-refractivity contribution >= 4 is 18.0 Å². The first-order valence-electron chi connectivity index (χ1n) is 5.33. The van der Waals surface area contributed by atoms with Crippen LogP contribution in [-0.4, -0.2) is 53.7 Å². The molecule has 1 aliphatic rings. The third-order valence-corrected chi connectivity index (χ3v) is 2.50. The van der Waals surface area contributed by atoms with Gasteiger partial charge in [-0.15, -0.1) is 0 Å². The quantitative estimate of drug-likeness (QED) is 0.469. The Morgan fingerprint density at radius 1 is 1.29 bits per heavy atom. The van der Waals surface area contributed by atoms with Gasteiger partial charge in [-0.25, -0.2) is 14.4 Å². The molecule has 0 aliphatic carbocycles. The number of carboxylic acids is 1. The summed E-state index contributed by atoms with van der Waals surface area (Å²) in [4.78, 5) is 34.1. The smallest absolute Gasteiger partial charge is 0.326 e. The van der Waals surface area contributed by atoms with E-state index in [-0.39, 0.29) is 13.1 Å². The van der Waals surface area contributed by atoms with Gasteiger partial charge in [0.1, 0.15) is 6.04 Å². The van der Waals surface area contributed by atoms with Crippen molar-refractivity contribution in [3.63, 3.8) is 0 Å². The third-order valence-electron chi connectivity index (χ3n) is 2.50. The number of hydrogen-bond donors (Lipinski definition) is 4. The fourth-order valence-electron chi connectivity index (χ4n) is 1.72. The summed E-state index contributed by atoms with van der Waals surface area (Å²) in [5.41, 5.74) is 4.84. The number of likely N-dealkylation sites (tertiary alicyclic amines) is 1. The number of nitrogens with two attached hydrogens (primary N) is 1. The van der Waals surface area contributed by atoms with Crippen LogP contribution in [0.15, 0.2) is 0 Å². The van der Waals surface area contributed by atoms with Crippen molar-refractivity contribution in [1.82, 2.24) is 15.5 Å². The Labute approximate surface area is 98.1 Å². The zero-order valence-corrected chi connectivity index (χ0v) is 9.31. The first-order chi connectivity index (χ1) is 8.02. The summed E-state index contributed by atoms with van der Waals surface area (Å²) in [6.45, 7) is 0.864. The van der Waals surface area contributed by atoms with E-state index in [9.17, 15) is 14.4 Å². The summed E-state index contributed by atoms with van der Waals surface area (Å²) in [5.74, 6) is -0.993. The Morgan fingerprint density at radius 3 is 2.53 bits per heavy atom. The molecule has 0 aromatic heterocycles. The molecule has 96 valence electrons. The van der Waals surface area contributed by atoms with Crippen LogP contribution in [0.3, 0.4) is 0 Å². The van der Waals surface area contributed by atoms with E-state index in [2.05, 4.69) is 10.6 Å². The molecular formula is C9H16N4O4. The zero-order chi connectivity index (χ0) is 12.8. The summed E-state index contributed by atoms with van der Waals surface area (Å²) in [6, 6.07) is -1.84. The molecule has 8 heteroatoms. The van der Waals surface area contributed by atoms with Crippen molar-refractivity contribution in [1.29, 1.82) is 0 Å². The maximum absolute atomic E-state index is 11.6. The molecule has 4 amide bonds. The molecule has 1 saturated heterocycles. The zero-order valence-electron chi connectivity index (χ0n) is 9.31. The molecule has 1 aliphatic heterocycles. The summed E-state index contributed by atoms with van der Waals surface area (Å²) < 4.78 is 0. The molecular weight excluding hydrogens is 228 g/mol. The lowest BCUT2D eigenvalue weighted by molar-refractivity contribution is -0.141. The number of amides is 4. The number of nitrogens with one attached hydrogen (secondary N) is 2. The highest BCUT2D eigenvalue weighted by molar-refractivity contribution is 5.83. The van der Waals surface area contributed by atoms with Gasteiger partial charge in [-0.05, 0) is 12.8 Å². The molecule has 0 aromatic rings. The standard InChI is InChI=1S/C9H16N4O4/c10-8(16)11-3-4-12-9(17)13-5-1-2-6(13)7(14)15/h6H,1-5H2,(H,12,17)(H,14,15)(H3,10,11,16). The molecule has 8 nitrogen and oxygen atoms in total. The largest absolute Gasteiger partial charge is 0.480 e. The van der Waals surface area contributed by atoms with E-state index in [0.29, 0.717) is 19.4 Å². The van der Waals surface area contributed by atoms with Gasteiger partial charge in [0, 0.05) is 19.6 Å². The van der Waals surface area contributed by atoms with Crippen LogP contribution in [0, 0.1) is 0 Å². The Kier molecular flexibility index (Phi) is 4.56.